The van der Waals surface area contributed by atoms with E-state index in [4.69, 9.17) is 4.74 Å². The second-order valence-electron chi connectivity index (χ2n) is 6.50. The number of ketones is 1. The minimum Gasteiger partial charge on any atom is -0.497 e. The van der Waals surface area contributed by atoms with Crippen molar-refractivity contribution in [2.45, 2.75) is 39.5 Å². The first-order valence-electron chi connectivity index (χ1n) is 8.94. The van der Waals surface area contributed by atoms with Crippen LogP contribution in [0.3, 0.4) is 0 Å². The first kappa shape index (κ1) is 17.3. The zero-order valence-electron chi connectivity index (χ0n) is 15.2. The maximum atomic E-state index is 12.4. The monoisotopic (exact) mass is 335 g/mol. The molecule has 0 radical (unpaired) electrons. The van der Waals surface area contributed by atoms with E-state index in [-0.39, 0.29) is 5.78 Å². The fourth-order valence-corrected chi connectivity index (χ4v) is 3.31. The molecule has 1 heterocycles. The Kier molecular flexibility index (Phi) is 5.22. The summed E-state index contributed by atoms with van der Waals surface area (Å²) in [6.07, 6.45) is 4.70. The second-order valence-corrected chi connectivity index (χ2v) is 6.50. The van der Waals surface area contributed by atoms with Crippen molar-refractivity contribution in [2.24, 2.45) is 0 Å². The highest BCUT2D eigenvalue weighted by Gasteiger charge is 2.17. The van der Waals surface area contributed by atoms with E-state index in [1.165, 1.54) is 24.8 Å². The number of aryl methyl sites for hydroxylation is 1. The summed E-state index contributed by atoms with van der Waals surface area (Å²) in [5.74, 6) is 0.894. The maximum absolute atomic E-state index is 12.4. The van der Waals surface area contributed by atoms with Crippen LogP contribution in [0.25, 0.3) is 22.2 Å². The lowest BCUT2D eigenvalue weighted by Gasteiger charge is -2.04. The van der Waals surface area contributed by atoms with E-state index >= 15 is 0 Å². The molecule has 3 nitrogen and oxygen atoms in total. The lowest BCUT2D eigenvalue weighted by atomic mass is 9.99. The van der Waals surface area contributed by atoms with Gasteiger partial charge in [-0.15, -0.1) is 0 Å². The van der Waals surface area contributed by atoms with E-state index in [0.717, 1.165) is 39.9 Å². The first-order valence-corrected chi connectivity index (χ1v) is 8.94. The molecule has 0 amide bonds. The van der Waals surface area contributed by atoms with E-state index < -0.39 is 0 Å². The Hall–Kier alpha value is -2.55. The lowest BCUT2D eigenvalue weighted by molar-refractivity contribution is 0.102. The molecule has 2 aromatic carbocycles. The van der Waals surface area contributed by atoms with Gasteiger partial charge in [-0.1, -0.05) is 25.8 Å². The van der Waals surface area contributed by atoms with Gasteiger partial charge in [0.1, 0.15) is 5.75 Å². The minimum atomic E-state index is 0.0859. The van der Waals surface area contributed by atoms with Crippen LogP contribution in [0.2, 0.25) is 0 Å². The summed E-state index contributed by atoms with van der Waals surface area (Å²) in [6.45, 7) is 3.85. The third-order valence-electron chi connectivity index (χ3n) is 4.66. The molecule has 0 aliphatic carbocycles. The number of aromatic amines is 1. The van der Waals surface area contributed by atoms with Crippen LogP contribution in [-0.4, -0.2) is 17.9 Å². The van der Waals surface area contributed by atoms with Crippen LogP contribution in [0.5, 0.6) is 5.75 Å². The largest absolute Gasteiger partial charge is 0.497 e. The van der Waals surface area contributed by atoms with Crippen molar-refractivity contribution in [1.82, 2.24) is 4.98 Å². The molecule has 0 aliphatic rings. The maximum Gasteiger partial charge on any atom is 0.162 e. The summed E-state index contributed by atoms with van der Waals surface area (Å²) in [5, 5.41) is 1.02. The van der Waals surface area contributed by atoms with E-state index in [1.54, 1.807) is 14.0 Å². The predicted octanol–water partition coefficient (Wildman–Crippen LogP) is 5.78. The van der Waals surface area contributed by atoms with E-state index in [0.29, 0.717) is 0 Å². The molecule has 3 heteroatoms. The number of benzene rings is 2. The van der Waals surface area contributed by atoms with Gasteiger partial charge in [0.15, 0.2) is 5.78 Å². The van der Waals surface area contributed by atoms with Crippen LogP contribution in [0.1, 0.15) is 49.0 Å². The van der Waals surface area contributed by atoms with E-state index in [1.807, 2.05) is 24.3 Å². The molecule has 3 aromatic rings. The van der Waals surface area contributed by atoms with Gasteiger partial charge in [-0.05, 0) is 67.3 Å². The van der Waals surface area contributed by atoms with Gasteiger partial charge in [0.05, 0.1) is 18.4 Å². The number of ether oxygens (including phenoxy) is 1. The molecule has 130 valence electrons. The van der Waals surface area contributed by atoms with Gasteiger partial charge >= 0.3 is 0 Å². The molecule has 0 spiro atoms. The Labute approximate surface area is 149 Å². The summed E-state index contributed by atoms with van der Waals surface area (Å²) in [6, 6.07) is 14.2. The van der Waals surface area contributed by atoms with E-state index in [2.05, 4.69) is 30.1 Å². The molecule has 25 heavy (non-hydrogen) atoms. The topological polar surface area (TPSA) is 42.1 Å². The number of methoxy groups -OCH3 is 1. The summed E-state index contributed by atoms with van der Waals surface area (Å²) < 4.78 is 5.23. The molecule has 0 bridgehead atoms. The smallest absolute Gasteiger partial charge is 0.162 e. The van der Waals surface area contributed by atoms with Crippen LogP contribution in [-0.2, 0) is 6.42 Å². The van der Waals surface area contributed by atoms with Gasteiger partial charge < -0.3 is 9.72 Å². The van der Waals surface area contributed by atoms with Crippen LogP contribution < -0.4 is 4.74 Å². The second kappa shape index (κ2) is 7.56. The van der Waals surface area contributed by atoms with Crippen LogP contribution >= 0.6 is 0 Å². The Bertz CT molecular complexity index is 875. The molecule has 0 unspecified atom stereocenters. The summed E-state index contributed by atoms with van der Waals surface area (Å²) >= 11 is 0. The summed E-state index contributed by atoms with van der Waals surface area (Å²) in [7, 11) is 1.65. The standard InChI is InChI=1S/C22H25NO2/c1-4-5-6-7-16-8-13-20-19(14-16)21(15(2)24)22(23-20)17-9-11-18(25-3)12-10-17/h8-14,23H,4-7H2,1-3H3. The molecule has 0 saturated heterocycles. The molecule has 0 saturated carbocycles. The average molecular weight is 335 g/mol. The number of fused-ring (bicyclic) bond motifs is 1. The SMILES string of the molecule is CCCCCc1ccc2[nH]c(-c3ccc(OC)cc3)c(C(C)=O)c2c1. The zero-order valence-corrected chi connectivity index (χ0v) is 15.2. The van der Waals surface area contributed by atoms with Crippen molar-refractivity contribution in [3.63, 3.8) is 0 Å². The van der Waals surface area contributed by atoms with Gasteiger partial charge in [-0.25, -0.2) is 0 Å². The van der Waals surface area contributed by atoms with Crippen LogP contribution in [0, 0.1) is 0 Å². The fraction of sp³-hybridized carbons (Fsp3) is 0.318. The Balaban J connectivity index is 2.05. The van der Waals surface area contributed by atoms with Crippen LogP contribution in [0.4, 0.5) is 0 Å². The van der Waals surface area contributed by atoms with Gasteiger partial charge in [0.25, 0.3) is 0 Å². The molecule has 3 rings (SSSR count). The van der Waals surface area contributed by atoms with Crippen molar-refractivity contribution in [1.29, 1.82) is 0 Å². The van der Waals surface area contributed by atoms with Crippen molar-refractivity contribution in [2.75, 3.05) is 7.11 Å². The van der Waals surface area contributed by atoms with Gasteiger partial charge in [0.2, 0.25) is 0 Å². The summed E-state index contributed by atoms with van der Waals surface area (Å²) in [5.41, 5.74) is 4.96. The minimum absolute atomic E-state index is 0.0859. The fourth-order valence-electron chi connectivity index (χ4n) is 3.31. The lowest BCUT2D eigenvalue weighted by Crippen LogP contribution is -1.94. The van der Waals surface area contributed by atoms with Gasteiger partial charge in [0, 0.05) is 10.9 Å². The third kappa shape index (κ3) is 3.60. The van der Waals surface area contributed by atoms with Crippen molar-refractivity contribution in [3.8, 4) is 17.0 Å². The van der Waals surface area contributed by atoms with E-state index in [9.17, 15) is 4.79 Å². The molecule has 0 fully saturated rings. The number of hydrogen-bond donors (Lipinski definition) is 1. The average Bonchev–Trinajstić information content (AvgIpc) is 3.01. The Morgan fingerprint density at radius 2 is 1.84 bits per heavy atom. The highest BCUT2D eigenvalue weighted by atomic mass is 16.5. The molecule has 0 atom stereocenters. The number of rotatable bonds is 7. The number of Topliss-reactive ketones (excluding diaryl/α,β-unsaturated/α-hetero) is 1. The molecular weight excluding hydrogens is 310 g/mol. The van der Waals surface area contributed by atoms with Gasteiger partial charge in [-0.3, -0.25) is 4.79 Å². The molecular formula is C22H25NO2. The van der Waals surface area contributed by atoms with Crippen molar-refractivity contribution < 1.29 is 9.53 Å². The molecule has 1 N–H and O–H groups in total. The number of unbranched alkanes of at least 4 members (excludes halogenated alkanes) is 2. The Morgan fingerprint density at radius 3 is 2.48 bits per heavy atom. The first-order chi connectivity index (χ1) is 12.1. The van der Waals surface area contributed by atoms with Crippen molar-refractivity contribution >= 4 is 16.7 Å². The molecule has 0 aliphatic heterocycles. The number of H-pyrrole nitrogens is 1. The van der Waals surface area contributed by atoms with Gasteiger partial charge in [-0.2, -0.15) is 0 Å². The summed E-state index contributed by atoms with van der Waals surface area (Å²) in [4.78, 5) is 15.8. The van der Waals surface area contributed by atoms with Crippen LogP contribution in [0.15, 0.2) is 42.5 Å². The Morgan fingerprint density at radius 1 is 1.08 bits per heavy atom. The highest BCUT2D eigenvalue weighted by Crippen LogP contribution is 2.32. The number of nitrogens with one attached hydrogen (secondary N) is 1. The predicted molar refractivity (Wildman–Crippen MR) is 104 cm³/mol. The zero-order chi connectivity index (χ0) is 17.8. The quantitative estimate of drug-likeness (QED) is 0.439. The number of aromatic nitrogens is 1. The number of hydrogen-bond acceptors (Lipinski definition) is 2. The number of carbonyl (C=O) groups excluding carboxylic acids is 1. The normalized spacial score (nSPS) is 11.0. The molecule has 1 aromatic heterocycles. The van der Waals surface area contributed by atoms with Crippen molar-refractivity contribution in [3.05, 3.63) is 53.6 Å². The highest BCUT2D eigenvalue weighted by molar-refractivity contribution is 6.12. The third-order valence-corrected chi connectivity index (χ3v) is 4.66. The number of carbonyl (C=O) groups is 1.